The van der Waals surface area contributed by atoms with E-state index < -0.39 is 17.3 Å². The number of carbonyl (C=O) groups is 3. The number of rotatable bonds is 6. The second-order valence-corrected chi connectivity index (χ2v) is 7.97. The number of carbonyl (C=O) groups excluding carboxylic acids is 2. The number of amides is 2. The van der Waals surface area contributed by atoms with E-state index in [1.54, 1.807) is 6.07 Å². The number of hydrogen-bond donors (Lipinski definition) is 3. The maximum absolute atomic E-state index is 12.4. The van der Waals surface area contributed by atoms with Crippen LogP contribution < -0.4 is 10.6 Å². The van der Waals surface area contributed by atoms with Crippen LogP contribution in [0.15, 0.2) is 18.2 Å². The molecular formula is C17H21ClN2O4S. The van der Waals surface area contributed by atoms with Gasteiger partial charge in [-0.1, -0.05) is 11.6 Å². The Morgan fingerprint density at radius 1 is 1.36 bits per heavy atom. The van der Waals surface area contributed by atoms with E-state index in [1.165, 1.54) is 23.9 Å². The van der Waals surface area contributed by atoms with Gasteiger partial charge in [0.1, 0.15) is 0 Å². The summed E-state index contributed by atoms with van der Waals surface area (Å²) in [5.74, 6) is -0.598. The Balaban J connectivity index is 2.18. The van der Waals surface area contributed by atoms with Crippen LogP contribution in [0, 0.1) is 5.41 Å². The fourth-order valence-electron chi connectivity index (χ4n) is 2.65. The monoisotopic (exact) mass is 384 g/mol. The topological polar surface area (TPSA) is 95.5 Å². The third-order valence-electron chi connectivity index (χ3n) is 3.98. The molecule has 1 heterocycles. The quantitative estimate of drug-likeness (QED) is 0.700. The third kappa shape index (κ3) is 4.89. The van der Waals surface area contributed by atoms with Crippen molar-refractivity contribution in [1.29, 1.82) is 0 Å². The zero-order valence-electron chi connectivity index (χ0n) is 14.1. The van der Waals surface area contributed by atoms with Crippen molar-refractivity contribution < 1.29 is 19.5 Å². The van der Waals surface area contributed by atoms with Crippen molar-refractivity contribution in [2.45, 2.75) is 32.7 Å². The van der Waals surface area contributed by atoms with Crippen LogP contribution in [-0.2, 0) is 9.59 Å². The number of halogens is 1. The SMILES string of the molecule is CC(C)NC(=O)c1ccc(Cl)cc1NC(=O)CC1(C(=O)O)CCSC1. The van der Waals surface area contributed by atoms with Gasteiger partial charge in [0.05, 0.1) is 16.7 Å². The maximum atomic E-state index is 12.4. The summed E-state index contributed by atoms with van der Waals surface area (Å²) >= 11 is 7.51. The summed E-state index contributed by atoms with van der Waals surface area (Å²) in [5, 5.41) is 15.3. The Hall–Kier alpha value is -1.73. The molecule has 0 saturated carbocycles. The van der Waals surface area contributed by atoms with E-state index in [1.807, 2.05) is 13.8 Å². The molecular weight excluding hydrogens is 364 g/mol. The lowest BCUT2D eigenvalue weighted by Crippen LogP contribution is -2.36. The van der Waals surface area contributed by atoms with Crippen LogP contribution in [0.4, 0.5) is 5.69 Å². The molecule has 0 radical (unpaired) electrons. The van der Waals surface area contributed by atoms with Gasteiger partial charge in [0, 0.05) is 23.2 Å². The normalized spacial score (nSPS) is 19.7. The highest BCUT2D eigenvalue weighted by Crippen LogP contribution is 2.39. The van der Waals surface area contributed by atoms with Crippen molar-refractivity contribution in [3.05, 3.63) is 28.8 Å². The Labute approximate surface area is 155 Å². The smallest absolute Gasteiger partial charge is 0.311 e. The van der Waals surface area contributed by atoms with Gasteiger partial charge < -0.3 is 15.7 Å². The van der Waals surface area contributed by atoms with Crippen LogP contribution in [-0.4, -0.2) is 40.4 Å². The van der Waals surface area contributed by atoms with E-state index in [0.717, 1.165) is 5.75 Å². The van der Waals surface area contributed by atoms with Gasteiger partial charge in [0.15, 0.2) is 0 Å². The van der Waals surface area contributed by atoms with E-state index in [0.29, 0.717) is 17.2 Å². The summed E-state index contributed by atoms with van der Waals surface area (Å²) in [6.45, 7) is 3.67. The molecule has 8 heteroatoms. The Morgan fingerprint density at radius 2 is 2.08 bits per heavy atom. The first kappa shape index (κ1) is 19.6. The van der Waals surface area contributed by atoms with Crippen molar-refractivity contribution in [1.82, 2.24) is 5.32 Å². The molecule has 2 amide bonds. The van der Waals surface area contributed by atoms with Gasteiger partial charge in [-0.2, -0.15) is 11.8 Å². The lowest BCUT2D eigenvalue weighted by Gasteiger charge is -2.22. The highest BCUT2D eigenvalue weighted by Gasteiger charge is 2.43. The first-order valence-electron chi connectivity index (χ1n) is 7.95. The predicted octanol–water partition coefficient (Wildman–Crippen LogP) is 3.01. The molecule has 1 aromatic carbocycles. The lowest BCUT2D eigenvalue weighted by atomic mass is 9.84. The largest absolute Gasteiger partial charge is 0.481 e. The first-order chi connectivity index (χ1) is 11.7. The second kappa shape index (κ2) is 8.10. The molecule has 3 N–H and O–H groups in total. The molecule has 1 aromatic rings. The Morgan fingerprint density at radius 3 is 2.64 bits per heavy atom. The number of hydrogen-bond acceptors (Lipinski definition) is 4. The van der Waals surface area contributed by atoms with Crippen LogP contribution in [0.5, 0.6) is 0 Å². The van der Waals surface area contributed by atoms with Gasteiger partial charge in [-0.3, -0.25) is 14.4 Å². The molecule has 1 aliphatic rings. The van der Waals surface area contributed by atoms with Gasteiger partial charge in [-0.05, 0) is 44.2 Å². The minimum absolute atomic E-state index is 0.0578. The molecule has 1 fully saturated rings. The average Bonchev–Trinajstić information content (AvgIpc) is 2.96. The van der Waals surface area contributed by atoms with Gasteiger partial charge >= 0.3 is 5.97 Å². The van der Waals surface area contributed by atoms with Gasteiger partial charge in [-0.25, -0.2) is 0 Å². The first-order valence-corrected chi connectivity index (χ1v) is 9.48. The Kier molecular flexibility index (Phi) is 6.35. The number of thioether (sulfide) groups is 1. The number of anilines is 1. The molecule has 136 valence electrons. The van der Waals surface area contributed by atoms with E-state index in [9.17, 15) is 19.5 Å². The summed E-state index contributed by atoms with van der Waals surface area (Å²) in [6, 6.07) is 4.54. The third-order valence-corrected chi connectivity index (χ3v) is 5.46. The fourth-order valence-corrected chi connectivity index (χ4v) is 4.26. The molecule has 1 atom stereocenters. The predicted molar refractivity (Wildman–Crippen MR) is 99.3 cm³/mol. The van der Waals surface area contributed by atoms with E-state index >= 15 is 0 Å². The van der Waals surface area contributed by atoms with E-state index in [4.69, 9.17) is 11.6 Å². The number of carboxylic acids is 1. The molecule has 6 nitrogen and oxygen atoms in total. The molecule has 1 saturated heterocycles. The summed E-state index contributed by atoms with van der Waals surface area (Å²) < 4.78 is 0. The number of carboxylic acid groups (broad SMARTS) is 1. The number of aliphatic carboxylic acids is 1. The number of benzene rings is 1. The molecule has 0 bridgehead atoms. The van der Waals surface area contributed by atoms with Crippen molar-refractivity contribution in [3.63, 3.8) is 0 Å². The molecule has 25 heavy (non-hydrogen) atoms. The van der Waals surface area contributed by atoms with Crippen molar-refractivity contribution in [2.24, 2.45) is 5.41 Å². The Bertz CT molecular complexity index is 687. The summed E-state index contributed by atoms with van der Waals surface area (Å²) in [7, 11) is 0. The van der Waals surface area contributed by atoms with Crippen molar-refractivity contribution >= 4 is 46.8 Å². The van der Waals surface area contributed by atoms with Crippen LogP contribution >= 0.6 is 23.4 Å². The molecule has 0 aromatic heterocycles. The summed E-state index contributed by atoms with van der Waals surface area (Å²) in [6.07, 6.45) is 0.323. The lowest BCUT2D eigenvalue weighted by molar-refractivity contribution is -0.149. The van der Waals surface area contributed by atoms with E-state index in [2.05, 4.69) is 10.6 Å². The zero-order chi connectivity index (χ0) is 18.6. The van der Waals surface area contributed by atoms with Gasteiger partial charge in [-0.15, -0.1) is 0 Å². The van der Waals surface area contributed by atoms with Gasteiger partial charge in [0.2, 0.25) is 5.91 Å². The molecule has 2 rings (SSSR count). The fraction of sp³-hybridized carbons (Fsp3) is 0.471. The summed E-state index contributed by atoms with van der Waals surface area (Å²) in [5.41, 5.74) is -0.480. The van der Waals surface area contributed by atoms with Crippen LogP contribution in [0.3, 0.4) is 0 Å². The van der Waals surface area contributed by atoms with Crippen molar-refractivity contribution in [2.75, 3.05) is 16.8 Å². The maximum Gasteiger partial charge on any atom is 0.311 e. The molecule has 0 spiro atoms. The standard InChI is InChI=1S/C17H21ClN2O4S/c1-10(2)19-15(22)12-4-3-11(18)7-13(12)20-14(21)8-17(16(23)24)5-6-25-9-17/h3-4,7,10H,5-6,8-9H2,1-2H3,(H,19,22)(H,20,21)(H,23,24). The van der Waals surface area contributed by atoms with Crippen molar-refractivity contribution in [3.8, 4) is 0 Å². The molecule has 0 aliphatic carbocycles. The van der Waals surface area contributed by atoms with Crippen LogP contribution in [0.2, 0.25) is 5.02 Å². The van der Waals surface area contributed by atoms with E-state index in [-0.39, 0.29) is 29.6 Å². The zero-order valence-corrected chi connectivity index (χ0v) is 15.7. The molecule has 1 unspecified atom stereocenters. The highest BCUT2D eigenvalue weighted by molar-refractivity contribution is 7.99. The summed E-state index contributed by atoms with van der Waals surface area (Å²) in [4.78, 5) is 36.3. The minimum atomic E-state index is -1.05. The molecule has 1 aliphatic heterocycles. The van der Waals surface area contributed by atoms with Crippen LogP contribution in [0.25, 0.3) is 0 Å². The highest BCUT2D eigenvalue weighted by atomic mass is 35.5. The average molecular weight is 385 g/mol. The number of nitrogens with one attached hydrogen (secondary N) is 2. The minimum Gasteiger partial charge on any atom is -0.481 e. The second-order valence-electron chi connectivity index (χ2n) is 6.43. The van der Waals surface area contributed by atoms with Gasteiger partial charge in [0.25, 0.3) is 5.91 Å². The van der Waals surface area contributed by atoms with Crippen LogP contribution in [0.1, 0.15) is 37.0 Å².